The first-order valence-electron chi connectivity index (χ1n) is 8.24. The van der Waals surface area contributed by atoms with Gasteiger partial charge in [0.05, 0.1) is 19.2 Å². The maximum Gasteiger partial charge on any atom is 0.310 e. The van der Waals surface area contributed by atoms with E-state index in [0.717, 1.165) is 26.9 Å². The molecule has 0 amide bonds. The minimum Gasteiger partial charge on any atom is -0.469 e. The number of carbonyl (C=O) groups excluding carboxylic acids is 1. The number of benzene rings is 2. The Kier molecular flexibility index (Phi) is 6.26. The number of nitrogens with zero attached hydrogens (tertiary/aromatic N) is 2. The van der Waals surface area contributed by atoms with Crippen LogP contribution in [-0.2, 0) is 20.7 Å². The molecule has 0 atom stereocenters. The van der Waals surface area contributed by atoms with Gasteiger partial charge < -0.3 is 14.2 Å². The Morgan fingerprint density at radius 2 is 1.96 bits per heavy atom. The molecule has 3 rings (SSSR count). The fraction of sp³-hybridized carbons (Fsp3) is 0.200. The Balaban J connectivity index is 2.08. The minimum absolute atomic E-state index is 0.110. The van der Waals surface area contributed by atoms with Gasteiger partial charge >= 0.3 is 5.97 Å². The number of methoxy groups -OCH3 is 2. The number of ether oxygens (including phenoxy) is 3. The van der Waals surface area contributed by atoms with Crippen LogP contribution in [0.25, 0.3) is 16.8 Å². The highest BCUT2D eigenvalue weighted by atomic mass is 79.9. The van der Waals surface area contributed by atoms with Crippen LogP contribution in [0.4, 0.5) is 0 Å². The lowest BCUT2D eigenvalue weighted by Crippen LogP contribution is -2.07. The van der Waals surface area contributed by atoms with Crippen LogP contribution in [0, 0.1) is 0 Å². The molecule has 1 heterocycles. The van der Waals surface area contributed by atoms with Crippen molar-refractivity contribution in [3.63, 3.8) is 0 Å². The summed E-state index contributed by atoms with van der Waals surface area (Å²) in [4.78, 5) is 11.8. The van der Waals surface area contributed by atoms with E-state index in [1.54, 1.807) is 18.0 Å². The van der Waals surface area contributed by atoms with Crippen LogP contribution in [0.2, 0.25) is 0 Å². The summed E-state index contributed by atoms with van der Waals surface area (Å²) in [6, 6.07) is 13.4. The third kappa shape index (κ3) is 4.56. The van der Waals surface area contributed by atoms with E-state index in [1.807, 2.05) is 48.7 Å². The van der Waals surface area contributed by atoms with E-state index in [4.69, 9.17) is 14.2 Å². The lowest BCUT2D eigenvalue weighted by molar-refractivity contribution is -0.139. The number of rotatable bonds is 7. The van der Waals surface area contributed by atoms with E-state index in [2.05, 4.69) is 21.0 Å². The zero-order valence-electron chi connectivity index (χ0n) is 15.0. The van der Waals surface area contributed by atoms with Crippen molar-refractivity contribution in [1.82, 2.24) is 9.78 Å². The molecule has 2 aromatic carbocycles. The molecule has 0 N–H and O–H groups in total. The highest BCUT2D eigenvalue weighted by Gasteiger charge is 2.15. The smallest absolute Gasteiger partial charge is 0.310 e. The normalized spacial score (nSPS) is 10.6. The topological polar surface area (TPSA) is 62.6 Å². The second kappa shape index (κ2) is 8.83. The highest BCUT2D eigenvalue weighted by molar-refractivity contribution is 9.10. The lowest BCUT2D eigenvalue weighted by atomic mass is 9.96. The zero-order chi connectivity index (χ0) is 19.2. The maximum atomic E-state index is 11.8. The van der Waals surface area contributed by atoms with Crippen LogP contribution < -0.4 is 4.74 Å². The predicted molar refractivity (Wildman–Crippen MR) is 105 cm³/mol. The standard InChI is InChI=1S/C20H19BrN2O4/c1-25-13-27-19-12-16(23-9-3-8-22-23)5-7-18(19)17-6-4-15(21)10-14(17)11-20(24)26-2/h3-10,12H,11,13H2,1-2H3. The number of aromatic nitrogens is 2. The first-order chi connectivity index (χ1) is 13.1. The molecule has 0 radical (unpaired) electrons. The Bertz CT molecular complexity index is 926. The summed E-state index contributed by atoms with van der Waals surface area (Å²) >= 11 is 3.46. The van der Waals surface area contributed by atoms with Gasteiger partial charge in [-0.15, -0.1) is 0 Å². The molecule has 0 aliphatic heterocycles. The van der Waals surface area contributed by atoms with Crippen molar-refractivity contribution < 1.29 is 19.0 Å². The van der Waals surface area contributed by atoms with Gasteiger partial charge in [-0.3, -0.25) is 4.79 Å². The van der Waals surface area contributed by atoms with Gasteiger partial charge in [0.15, 0.2) is 6.79 Å². The van der Waals surface area contributed by atoms with Crippen molar-refractivity contribution in [2.45, 2.75) is 6.42 Å². The van der Waals surface area contributed by atoms with E-state index < -0.39 is 0 Å². The molecular formula is C20H19BrN2O4. The largest absolute Gasteiger partial charge is 0.469 e. The Hall–Kier alpha value is -2.64. The van der Waals surface area contributed by atoms with Gasteiger partial charge in [-0.25, -0.2) is 4.68 Å². The number of halogens is 1. The Morgan fingerprint density at radius 1 is 1.15 bits per heavy atom. The van der Waals surface area contributed by atoms with Gasteiger partial charge in [0.2, 0.25) is 0 Å². The van der Waals surface area contributed by atoms with Gasteiger partial charge in [-0.1, -0.05) is 22.0 Å². The quantitative estimate of drug-likeness (QED) is 0.418. The fourth-order valence-corrected chi connectivity index (χ4v) is 3.15. The first kappa shape index (κ1) is 19.1. The molecule has 0 unspecified atom stereocenters. The third-order valence-corrected chi connectivity index (χ3v) is 4.48. The summed E-state index contributed by atoms with van der Waals surface area (Å²) in [7, 11) is 2.95. The summed E-state index contributed by atoms with van der Waals surface area (Å²) in [6.07, 6.45) is 3.74. The molecule has 0 saturated carbocycles. The highest BCUT2D eigenvalue weighted by Crippen LogP contribution is 2.35. The molecule has 0 saturated heterocycles. The monoisotopic (exact) mass is 430 g/mol. The molecule has 6 nitrogen and oxygen atoms in total. The van der Waals surface area contributed by atoms with Crippen LogP contribution >= 0.6 is 15.9 Å². The average Bonchev–Trinajstić information content (AvgIpc) is 3.21. The molecule has 0 aliphatic carbocycles. The SMILES string of the molecule is COCOc1cc(-n2cccn2)ccc1-c1ccc(Br)cc1CC(=O)OC. The number of carbonyl (C=O) groups is 1. The zero-order valence-corrected chi connectivity index (χ0v) is 16.6. The van der Waals surface area contributed by atoms with E-state index in [-0.39, 0.29) is 19.2 Å². The summed E-state index contributed by atoms with van der Waals surface area (Å²) in [5.74, 6) is 0.333. The molecule has 0 aliphatic rings. The summed E-state index contributed by atoms with van der Waals surface area (Å²) in [6.45, 7) is 0.110. The molecule has 1 aromatic heterocycles. The molecule has 0 bridgehead atoms. The second-order valence-electron chi connectivity index (χ2n) is 5.74. The maximum absolute atomic E-state index is 11.8. The van der Waals surface area contributed by atoms with E-state index in [1.165, 1.54) is 7.11 Å². The van der Waals surface area contributed by atoms with Gasteiger partial charge in [0, 0.05) is 35.6 Å². The van der Waals surface area contributed by atoms with Gasteiger partial charge in [0.1, 0.15) is 5.75 Å². The molecule has 3 aromatic rings. The number of hydrogen-bond acceptors (Lipinski definition) is 5. The van der Waals surface area contributed by atoms with Crippen molar-refractivity contribution in [1.29, 1.82) is 0 Å². The molecular weight excluding hydrogens is 412 g/mol. The Morgan fingerprint density at radius 3 is 2.67 bits per heavy atom. The van der Waals surface area contributed by atoms with Gasteiger partial charge in [-0.05, 0) is 41.5 Å². The van der Waals surface area contributed by atoms with Crippen LogP contribution in [0.5, 0.6) is 5.75 Å². The van der Waals surface area contributed by atoms with Crippen LogP contribution in [0.3, 0.4) is 0 Å². The van der Waals surface area contributed by atoms with Crippen molar-refractivity contribution in [2.75, 3.05) is 21.0 Å². The van der Waals surface area contributed by atoms with Crippen molar-refractivity contribution in [3.05, 3.63) is 64.9 Å². The van der Waals surface area contributed by atoms with Crippen molar-refractivity contribution in [3.8, 4) is 22.6 Å². The average molecular weight is 431 g/mol. The predicted octanol–water partition coefficient (Wildman–Crippen LogP) is 4.00. The number of esters is 1. The van der Waals surface area contributed by atoms with Crippen LogP contribution in [-0.4, -0.2) is 36.8 Å². The first-order valence-corrected chi connectivity index (χ1v) is 9.03. The second-order valence-corrected chi connectivity index (χ2v) is 6.65. The molecule has 140 valence electrons. The van der Waals surface area contributed by atoms with Crippen LogP contribution in [0.15, 0.2) is 59.3 Å². The molecule has 0 spiro atoms. The molecule has 27 heavy (non-hydrogen) atoms. The molecule has 7 heteroatoms. The van der Waals surface area contributed by atoms with E-state index in [9.17, 15) is 4.79 Å². The summed E-state index contributed by atoms with van der Waals surface area (Å²) < 4.78 is 18.3. The van der Waals surface area contributed by atoms with E-state index in [0.29, 0.717) is 5.75 Å². The summed E-state index contributed by atoms with van der Waals surface area (Å²) in [5.41, 5.74) is 3.45. The molecule has 0 fully saturated rings. The van der Waals surface area contributed by atoms with E-state index >= 15 is 0 Å². The van der Waals surface area contributed by atoms with Gasteiger partial charge in [0.25, 0.3) is 0 Å². The van der Waals surface area contributed by atoms with Crippen LogP contribution in [0.1, 0.15) is 5.56 Å². The van der Waals surface area contributed by atoms with Crippen molar-refractivity contribution in [2.24, 2.45) is 0 Å². The van der Waals surface area contributed by atoms with Crippen molar-refractivity contribution >= 4 is 21.9 Å². The fourth-order valence-electron chi connectivity index (χ4n) is 2.74. The lowest BCUT2D eigenvalue weighted by Gasteiger charge is -2.16. The third-order valence-electron chi connectivity index (χ3n) is 3.99. The number of hydrogen-bond donors (Lipinski definition) is 0. The Labute approximate surface area is 165 Å². The van der Waals surface area contributed by atoms with Gasteiger partial charge in [-0.2, -0.15) is 5.10 Å². The summed E-state index contributed by atoms with van der Waals surface area (Å²) in [5, 5.41) is 4.25. The minimum atomic E-state index is -0.304.